The first-order valence-corrected chi connectivity index (χ1v) is 9.09. The van der Waals surface area contributed by atoms with Gasteiger partial charge in [-0.2, -0.15) is 0 Å². The summed E-state index contributed by atoms with van der Waals surface area (Å²) >= 11 is 0. The summed E-state index contributed by atoms with van der Waals surface area (Å²) in [6.45, 7) is 5.51. The molecule has 0 aliphatic heterocycles. The number of guanidine groups is 1. The van der Waals surface area contributed by atoms with Crippen molar-refractivity contribution in [3.8, 4) is 5.75 Å². The van der Waals surface area contributed by atoms with Crippen LogP contribution in [-0.4, -0.2) is 50.7 Å². The van der Waals surface area contributed by atoms with Gasteiger partial charge in [-0.1, -0.05) is 31.0 Å². The lowest BCUT2D eigenvalue weighted by Gasteiger charge is -2.24. The normalized spacial score (nSPS) is 15.8. The SMILES string of the molecule is CCNC(=NCc1ccccc1OC)NCCN(C)C1CCCC1. The molecule has 0 bridgehead atoms. The quantitative estimate of drug-likeness (QED) is 0.567. The highest BCUT2D eigenvalue weighted by atomic mass is 16.5. The maximum atomic E-state index is 5.39. The average molecular weight is 332 g/mol. The maximum absolute atomic E-state index is 5.39. The number of rotatable bonds is 8. The number of hydrogen-bond donors (Lipinski definition) is 2. The minimum absolute atomic E-state index is 0.609. The van der Waals surface area contributed by atoms with Crippen LogP contribution in [-0.2, 0) is 6.54 Å². The largest absolute Gasteiger partial charge is 0.496 e. The number of likely N-dealkylation sites (N-methyl/N-ethyl adjacent to an activating group) is 1. The summed E-state index contributed by atoms with van der Waals surface area (Å²) in [7, 11) is 3.93. The zero-order valence-electron chi connectivity index (χ0n) is 15.3. The molecule has 0 amide bonds. The van der Waals surface area contributed by atoms with Crippen molar-refractivity contribution in [2.75, 3.05) is 33.8 Å². The molecule has 0 aromatic heterocycles. The molecule has 2 rings (SSSR count). The summed E-state index contributed by atoms with van der Waals surface area (Å²) in [5, 5.41) is 6.75. The summed E-state index contributed by atoms with van der Waals surface area (Å²) in [5.41, 5.74) is 1.10. The molecular formula is C19H32N4O. The van der Waals surface area contributed by atoms with Gasteiger partial charge < -0.3 is 20.3 Å². The van der Waals surface area contributed by atoms with Crippen LogP contribution in [0.3, 0.4) is 0 Å². The van der Waals surface area contributed by atoms with Crippen LogP contribution in [0, 0.1) is 0 Å². The van der Waals surface area contributed by atoms with Crippen LogP contribution in [0.2, 0.25) is 0 Å². The summed E-state index contributed by atoms with van der Waals surface area (Å²) in [6.07, 6.45) is 5.45. The molecule has 0 unspecified atom stereocenters. The molecule has 1 aliphatic carbocycles. The molecule has 0 atom stereocenters. The molecule has 1 aromatic rings. The Balaban J connectivity index is 1.83. The van der Waals surface area contributed by atoms with Gasteiger partial charge in [-0.25, -0.2) is 4.99 Å². The molecule has 24 heavy (non-hydrogen) atoms. The van der Waals surface area contributed by atoms with Crippen molar-refractivity contribution in [1.82, 2.24) is 15.5 Å². The van der Waals surface area contributed by atoms with Crippen molar-refractivity contribution in [2.45, 2.75) is 45.2 Å². The van der Waals surface area contributed by atoms with Crippen LogP contribution in [0.1, 0.15) is 38.2 Å². The van der Waals surface area contributed by atoms with Crippen molar-refractivity contribution in [3.05, 3.63) is 29.8 Å². The molecule has 1 saturated carbocycles. The third-order valence-corrected chi connectivity index (χ3v) is 4.65. The van der Waals surface area contributed by atoms with Crippen molar-refractivity contribution < 1.29 is 4.74 Å². The number of benzene rings is 1. The average Bonchev–Trinajstić information content (AvgIpc) is 3.14. The van der Waals surface area contributed by atoms with Gasteiger partial charge in [-0.3, -0.25) is 0 Å². The summed E-state index contributed by atoms with van der Waals surface area (Å²) in [4.78, 5) is 7.16. The summed E-state index contributed by atoms with van der Waals surface area (Å²) < 4.78 is 5.39. The van der Waals surface area contributed by atoms with Crippen LogP contribution in [0.5, 0.6) is 5.75 Å². The van der Waals surface area contributed by atoms with Gasteiger partial charge in [0.15, 0.2) is 5.96 Å². The lowest BCUT2D eigenvalue weighted by molar-refractivity contribution is 0.249. The van der Waals surface area contributed by atoms with E-state index in [0.717, 1.165) is 42.9 Å². The van der Waals surface area contributed by atoms with E-state index in [4.69, 9.17) is 4.74 Å². The van der Waals surface area contributed by atoms with Crippen LogP contribution in [0.4, 0.5) is 0 Å². The molecule has 5 heteroatoms. The Morgan fingerprint density at radius 3 is 2.71 bits per heavy atom. The van der Waals surface area contributed by atoms with Crippen LogP contribution in [0.15, 0.2) is 29.3 Å². The van der Waals surface area contributed by atoms with E-state index in [1.807, 2.05) is 18.2 Å². The molecule has 2 N–H and O–H groups in total. The van der Waals surface area contributed by atoms with Crippen LogP contribution < -0.4 is 15.4 Å². The zero-order chi connectivity index (χ0) is 17.2. The van der Waals surface area contributed by atoms with Gasteiger partial charge in [-0.15, -0.1) is 0 Å². The molecule has 1 aromatic carbocycles. The number of ether oxygens (including phenoxy) is 1. The monoisotopic (exact) mass is 332 g/mol. The van der Waals surface area contributed by atoms with E-state index < -0.39 is 0 Å². The van der Waals surface area contributed by atoms with Crippen LogP contribution in [0.25, 0.3) is 0 Å². The van der Waals surface area contributed by atoms with Gasteiger partial charge in [-0.05, 0) is 32.9 Å². The zero-order valence-corrected chi connectivity index (χ0v) is 15.3. The number of methoxy groups -OCH3 is 1. The topological polar surface area (TPSA) is 48.9 Å². The van der Waals surface area contributed by atoms with E-state index in [9.17, 15) is 0 Å². The Kier molecular flexibility index (Phi) is 7.89. The Hall–Kier alpha value is -1.75. The van der Waals surface area contributed by atoms with Gasteiger partial charge in [0, 0.05) is 31.2 Å². The molecule has 0 heterocycles. The molecule has 1 fully saturated rings. The Labute approximate surface area is 146 Å². The first kappa shape index (κ1) is 18.6. The number of hydrogen-bond acceptors (Lipinski definition) is 3. The van der Waals surface area contributed by atoms with Gasteiger partial charge >= 0.3 is 0 Å². The lowest BCUT2D eigenvalue weighted by atomic mass is 10.2. The first-order chi connectivity index (χ1) is 11.7. The van der Waals surface area contributed by atoms with E-state index in [0.29, 0.717) is 6.54 Å². The van der Waals surface area contributed by atoms with Gasteiger partial charge in [0.05, 0.1) is 13.7 Å². The van der Waals surface area contributed by atoms with E-state index in [1.54, 1.807) is 7.11 Å². The molecule has 0 saturated heterocycles. The van der Waals surface area contributed by atoms with E-state index in [-0.39, 0.29) is 0 Å². The van der Waals surface area contributed by atoms with Gasteiger partial charge in [0.25, 0.3) is 0 Å². The number of nitrogens with zero attached hydrogens (tertiary/aromatic N) is 2. The Morgan fingerprint density at radius 2 is 2.00 bits per heavy atom. The second kappa shape index (κ2) is 10.2. The fourth-order valence-electron chi connectivity index (χ4n) is 3.22. The van der Waals surface area contributed by atoms with E-state index >= 15 is 0 Å². The molecule has 5 nitrogen and oxygen atoms in total. The minimum Gasteiger partial charge on any atom is -0.496 e. The first-order valence-electron chi connectivity index (χ1n) is 9.09. The standard InChI is InChI=1S/C19H32N4O/c1-4-20-19(21-13-14-23(2)17-10-6-7-11-17)22-15-16-9-5-8-12-18(16)24-3/h5,8-9,12,17H,4,6-7,10-11,13-15H2,1-3H3,(H2,20,21,22). The Morgan fingerprint density at radius 1 is 1.25 bits per heavy atom. The second-order valence-corrected chi connectivity index (χ2v) is 6.35. The number of para-hydroxylation sites is 1. The minimum atomic E-state index is 0.609. The predicted octanol–water partition coefficient (Wildman–Crippen LogP) is 2.62. The van der Waals surface area contributed by atoms with Crippen molar-refractivity contribution in [3.63, 3.8) is 0 Å². The lowest BCUT2D eigenvalue weighted by Crippen LogP contribution is -2.42. The fraction of sp³-hybridized carbons (Fsp3) is 0.632. The third kappa shape index (κ3) is 5.71. The van der Waals surface area contributed by atoms with Crippen LogP contribution >= 0.6 is 0 Å². The van der Waals surface area contributed by atoms with Crippen molar-refractivity contribution >= 4 is 5.96 Å². The highest BCUT2D eigenvalue weighted by Gasteiger charge is 2.18. The number of nitrogens with one attached hydrogen (secondary N) is 2. The van der Waals surface area contributed by atoms with Gasteiger partial charge in [0.1, 0.15) is 5.75 Å². The van der Waals surface area contributed by atoms with E-state index in [2.05, 4.69) is 40.6 Å². The Bertz CT molecular complexity index is 512. The predicted molar refractivity (Wildman–Crippen MR) is 101 cm³/mol. The van der Waals surface area contributed by atoms with Gasteiger partial charge in [0.2, 0.25) is 0 Å². The third-order valence-electron chi connectivity index (χ3n) is 4.65. The molecular weight excluding hydrogens is 300 g/mol. The second-order valence-electron chi connectivity index (χ2n) is 6.35. The summed E-state index contributed by atoms with van der Waals surface area (Å²) in [6, 6.07) is 8.79. The molecule has 0 radical (unpaired) electrons. The fourth-order valence-corrected chi connectivity index (χ4v) is 3.22. The van der Waals surface area contributed by atoms with Crippen molar-refractivity contribution in [1.29, 1.82) is 0 Å². The summed E-state index contributed by atoms with van der Waals surface area (Å²) in [5.74, 6) is 1.75. The molecule has 0 spiro atoms. The smallest absolute Gasteiger partial charge is 0.191 e. The molecule has 1 aliphatic rings. The highest BCUT2D eigenvalue weighted by molar-refractivity contribution is 5.79. The van der Waals surface area contributed by atoms with Crippen molar-refractivity contribution in [2.24, 2.45) is 4.99 Å². The highest BCUT2D eigenvalue weighted by Crippen LogP contribution is 2.21. The van der Waals surface area contributed by atoms with E-state index in [1.165, 1.54) is 25.7 Å². The number of aliphatic imine (C=N–C) groups is 1. The molecule has 134 valence electrons. The maximum Gasteiger partial charge on any atom is 0.191 e.